The van der Waals surface area contributed by atoms with Crippen molar-refractivity contribution < 1.29 is 20.1 Å². The van der Waals surface area contributed by atoms with Crippen LogP contribution in [0.5, 0.6) is 0 Å². The van der Waals surface area contributed by atoms with Crippen LogP contribution in [0.2, 0.25) is 0 Å². The predicted molar refractivity (Wildman–Crippen MR) is 167 cm³/mol. The minimum absolute atomic E-state index is 0.349. The Morgan fingerprint density at radius 3 is 1.54 bits per heavy atom. The maximum atomic E-state index is 12.3. The molecule has 5 heteroatoms. The Bertz CT molecular complexity index is 578. The largest absolute Gasteiger partial charge is 0.394 e. The lowest BCUT2D eigenvalue weighted by molar-refractivity contribution is -0.131. The van der Waals surface area contributed by atoms with Crippen molar-refractivity contribution in [2.45, 2.75) is 180 Å². The second kappa shape index (κ2) is 29.8. The van der Waals surface area contributed by atoms with E-state index in [9.17, 15) is 20.1 Å². The molecule has 1 amide bonds. The SMILES string of the molecule is CCCCCC=CCCCCCC=CCC(O)C(CO)NC(=O)C(O)CCCCCCCCCCCCCC. The summed E-state index contributed by atoms with van der Waals surface area (Å²) in [4.78, 5) is 12.3. The van der Waals surface area contributed by atoms with E-state index < -0.39 is 24.2 Å². The number of amides is 1. The van der Waals surface area contributed by atoms with Gasteiger partial charge < -0.3 is 20.6 Å². The number of unbranched alkanes of at least 4 members (excludes halogenated alkanes) is 18. The first-order valence-corrected chi connectivity index (χ1v) is 16.6. The third-order valence-electron chi connectivity index (χ3n) is 7.55. The average Bonchev–Trinajstić information content (AvgIpc) is 2.94. The van der Waals surface area contributed by atoms with Crippen molar-refractivity contribution in [1.29, 1.82) is 0 Å². The Balaban J connectivity index is 3.81. The van der Waals surface area contributed by atoms with Crippen molar-refractivity contribution in [3.05, 3.63) is 24.3 Å². The van der Waals surface area contributed by atoms with E-state index in [0.29, 0.717) is 12.8 Å². The Hall–Kier alpha value is -1.17. The summed E-state index contributed by atoms with van der Waals surface area (Å²) in [5, 5.41) is 32.9. The van der Waals surface area contributed by atoms with Gasteiger partial charge >= 0.3 is 0 Å². The summed E-state index contributed by atoms with van der Waals surface area (Å²) in [5.41, 5.74) is 0. The summed E-state index contributed by atoms with van der Waals surface area (Å²) < 4.78 is 0. The molecule has 0 saturated heterocycles. The van der Waals surface area contributed by atoms with Crippen LogP contribution in [0.1, 0.15) is 162 Å². The fourth-order valence-corrected chi connectivity index (χ4v) is 4.82. The first kappa shape index (κ1) is 37.8. The van der Waals surface area contributed by atoms with Gasteiger partial charge in [-0.25, -0.2) is 0 Å². The van der Waals surface area contributed by atoms with Crippen LogP contribution in [-0.4, -0.2) is 46.1 Å². The van der Waals surface area contributed by atoms with E-state index in [0.717, 1.165) is 38.5 Å². The maximum Gasteiger partial charge on any atom is 0.249 e. The monoisotopic (exact) mass is 551 g/mol. The molecule has 0 aromatic carbocycles. The molecular weight excluding hydrogens is 486 g/mol. The topological polar surface area (TPSA) is 89.8 Å². The van der Waals surface area contributed by atoms with Gasteiger partial charge in [-0.2, -0.15) is 0 Å². The highest BCUT2D eigenvalue weighted by atomic mass is 16.3. The number of aliphatic hydroxyl groups excluding tert-OH is 3. The summed E-state index contributed by atoms with van der Waals surface area (Å²) in [6.45, 7) is 4.13. The van der Waals surface area contributed by atoms with E-state index in [-0.39, 0.29) is 6.61 Å². The van der Waals surface area contributed by atoms with Gasteiger partial charge in [0.05, 0.1) is 18.8 Å². The first-order chi connectivity index (χ1) is 19.1. The minimum Gasteiger partial charge on any atom is -0.394 e. The minimum atomic E-state index is -1.09. The first-order valence-electron chi connectivity index (χ1n) is 16.6. The van der Waals surface area contributed by atoms with Gasteiger partial charge in [0.1, 0.15) is 6.10 Å². The van der Waals surface area contributed by atoms with Gasteiger partial charge in [0.15, 0.2) is 0 Å². The molecule has 230 valence electrons. The zero-order chi connectivity index (χ0) is 28.8. The van der Waals surface area contributed by atoms with Gasteiger partial charge in [-0.1, -0.05) is 134 Å². The average molecular weight is 552 g/mol. The molecule has 0 fully saturated rings. The van der Waals surface area contributed by atoms with Gasteiger partial charge in [-0.15, -0.1) is 0 Å². The molecule has 0 radical (unpaired) electrons. The molecule has 0 aliphatic rings. The highest BCUT2D eigenvalue weighted by molar-refractivity contribution is 5.80. The Morgan fingerprint density at radius 1 is 0.615 bits per heavy atom. The number of carbonyl (C=O) groups excluding carboxylic acids is 1. The molecule has 0 aliphatic carbocycles. The summed E-state index contributed by atoms with van der Waals surface area (Å²) in [7, 11) is 0. The molecule has 0 heterocycles. The molecule has 0 aromatic rings. The predicted octanol–water partition coefficient (Wildman–Crippen LogP) is 8.31. The van der Waals surface area contributed by atoms with E-state index in [4.69, 9.17) is 0 Å². The number of rotatable bonds is 29. The molecule has 0 aromatic heterocycles. The summed E-state index contributed by atoms with van der Waals surface area (Å²) >= 11 is 0. The van der Waals surface area contributed by atoms with Crippen molar-refractivity contribution in [3.8, 4) is 0 Å². The second-order valence-electron chi connectivity index (χ2n) is 11.4. The van der Waals surface area contributed by atoms with Crippen LogP contribution in [0.15, 0.2) is 24.3 Å². The molecule has 39 heavy (non-hydrogen) atoms. The lowest BCUT2D eigenvalue weighted by Crippen LogP contribution is -2.49. The highest BCUT2D eigenvalue weighted by Crippen LogP contribution is 2.13. The van der Waals surface area contributed by atoms with Crippen LogP contribution in [0.3, 0.4) is 0 Å². The van der Waals surface area contributed by atoms with E-state index in [1.54, 1.807) is 0 Å². The lowest BCUT2D eigenvalue weighted by atomic mass is 10.0. The second-order valence-corrected chi connectivity index (χ2v) is 11.4. The summed E-state index contributed by atoms with van der Waals surface area (Å²) in [6, 6.07) is -0.761. The Labute approximate surface area is 241 Å². The molecule has 0 saturated carbocycles. The third kappa shape index (κ3) is 25.5. The van der Waals surface area contributed by atoms with Crippen molar-refractivity contribution in [2.75, 3.05) is 6.61 Å². The molecule has 0 aliphatic heterocycles. The molecule has 0 bridgehead atoms. The third-order valence-corrected chi connectivity index (χ3v) is 7.55. The zero-order valence-electron chi connectivity index (χ0n) is 25.8. The number of carbonyl (C=O) groups is 1. The summed E-state index contributed by atoms with van der Waals surface area (Å²) in [6.07, 6.45) is 33.1. The smallest absolute Gasteiger partial charge is 0.249 e. The maximum absolute atomic E-state index is 12.3. The van der Waals surface area contributed by atoms with Crippen LogP contribution < -0.4 is 5.32 Å². The molecule has 0 spiro atoms. The van der Waals surface area contributed by atoms with Crippen LogP contribution in [0.25, 0.3) is 0 Å². The number of aliphatic hydroxyl groups is 3. The highest BCUT2D eigenvalue weighted by Gasteiger charge is 2.23. The van der Waals surface area contributed by atoms with Crippen LogP contribution in [0, 0.1) is 0 Å². The van der Waals surface area contributed by atoms with Gasteiger partial charge in [-0.3, -0.25) is 4.79 Å². The zero-order valence-corrected chi connectivity index (χ0v) is 25.8. The molecule has 5 nitrogen and oxygen atoms in total. The fraction of sp³-hybridized carbons (Fsp3) is 0.853. The van der Waals surface area contributed by atoms with Crippen molar-refractivity contribution >= 4 is 5.91 Å². The van der Waals surface area contributed by atoms with E-state index >= 15 is 0 Å². The molecule has 3 atom stereocenters. The van der Waals surface area contributed by atoms with Gasteiger partial charge in [0.2, 0.25) is 5.91 Å². The standard InChI is InChI=1S/C34H65NO4/c1-3-5-7-9-11-13-15-17-19-20-22-24-26-28-32(37)31(30-36)35-34(39)33(38)29-27-25-23-21-18-16-14-12-10-8-6-4-2/h11,13,24,26,31-33,36-38H,3-10,12,14-23,25,27-30H2,1-2H3,(H,35,39). The van der Waals surface area contributed by atoms with E-state index in [2.05, 4.69) is 37.4 Å². The quantitative estimate of drug-likeness (QED) is 0.0556. The number of allylic oxidation sites excluding steroid dienone is 3. The van der Waals surface area contributed by atoms with Gasteiger partial charge in [0.25, 0.3) is 0 Å². The Morgan fingerprint density at radius 2 is 1.03 bits per heavy atom. The Kier molecular flexibility index (Phi) is 28.9. The van der Waals surface area contributed by atoms with Crippen LogP contribution in [-0.2, 0) is 4.79 Å². The molecule has 0 rings (SSSR count). The van der Waals surface area contributed by atoms with Gasteiger partial charge in [-0.05, 0) is 51.4 Å². The van der Waals surface area contributed by atoms with Crippen molar-refractivity contribution in [3.63, 3.8) is 0 Å². The normalized spacial score (nSPS) is 14.3. The van der Waals surface area contributed by atoms with Crippen molar-refractivity contribution in [1.82, 2.24) is 5.32 Å². The molecule has 3 unspecified atom stereocenters. The van der Waals surface area contributed by atoms with E-state index in [1.165, 1.54) is 96.3 Å². The number of nitrogens with one attached hydrogen (secondary N) is 1. The molecule has 4 N–H and O–H groups in total. The number of hydrogen-bond acceptors (Lipinski definition) is 4. The molecular formula is C34H65NO4. The van der Waals surface area contributed by atoms with E-state index in [1.807, 2.05) is 6.08 Å². The number of hydrogen-bond donors (Lipinski definition) is 4. The lowest BCUT2D eigenvalue weighted by Gasteiger charge is -2.23. The van der Waals surface area contributed by atoms with Crippen LogP contribution >= 0.6 is 0 Å². The van der Waals surface area contributed by atoms with Gasteiger partial charge in [0, 0.05) is 0 Å². The van der Waals surface area contributed by atoms with Crippen LogP contribution in [0.4, 0.5) is 0 Å². The summed E-state index contributed by atoms with van der Waals surface area (Å²) in [5.74, 6) is -0.500. The van der Waals surface area contributed by atoms with Crippen molar-refractivity contribution in [2.24, 2.45) is 0 Å². The fourth-order valence-electron chi connectivity index (χ4n) is 4.82.